The summed E-state index contributed by atoms with van der Waals surface area (Å²) in [5, 5.41) is 14.7. The number of nitriles is 1. The van der Waals surface area contributed by atoms with Gasteiger partial charge in [0.1, 0.15) is 11.9 Å². The van der Waals surface area contributed by atoms with Crippen LogP contribution in [0.1, 0.15) is 24.8 Å². The number of anilines is 1. The summed E-state index contributed by atoms with van der Waals surface area (Å²) in [4.78, 5) is 11.6. The number of halogens is 1. The van der Waals surface area contributed by atoms with Crippen molar-refractivity contribution in [2.24, 2.45) is 0 Å². The van der Waals surface area contributed by atoms with E-state index in [0.717, 1.165) is 18.4 Å². The summed E-state index contributed by atoms with van der Waals surface area (Å²) < 4.78 is 13.2. The molecule has 1 aromatic carbocycles. The molecule has 1 fully saturated rings. The Kier molecular flexibility index (Phi) is 4.00. The SMILES string of the molecule is Cc1cc(F)cc(NC(C#N)CC(=O)NC2CC2)c1. The van der Waals surface area contributed by atoms with E-state index < -0.39 is 6.04 Å². The lowest BCUT2D eigenvalue weighted by atomic mass is 10.1. The summed E-state index contributed by atoms with van der Waals surface area (Å²) >= 11 is 0. The van der Waals surface area contributed by atoms with Gasteiger partial charge >= 0.3 is 0 Å². The molecule has 100 valence electrons. The van der Waals surface area contributed by atoms with Crippen molar-refractivity contribution in [3.05, 3.63) is 29.6 Å². The highest BCUT2D eigenvalue weighted by Gasteiger charge is 2.24. The summed E-state index contributed by atoms with van der Waals surface area (Å²) in [7, 11) is 0. The summed E-state index contributed by atoms with van der Waals surface area (Å²) in [6, 6.07) is 6.11. The van der Waals surface area contributed by atoms with E-state index in [0.29, 0.717) is 5.69 Å². The van der Waals surface area contributed by atoms with Crippen LogP contribution in [0.2, 0.25) is 0 Å². The predicted octanol–water partition coefficient (Wildman–Crippen LogP) is 2.11. The average Bonchev–Trinajstić information content (AvgIpc) is 3.10. The Hall–Kier alpha value is -2.09. The number of rotatable bonds is 5. The first-order valence-electron chi connectivity index (χ1n) is 6.29. The van der Waals surface area contributed by atoms with Gasteiger partial charge in [-0.25, -0.2) is 4.39 Å². The highest BCUT2D eigenvalue weighted by Crippen LogP contribution is 2.19. The maximum absolute atomic E-state index is 13.2. The molecule has 1 amide bonds. The van der Waals surface area contributed by atoms with Gasteiger partial charge in [-0.05, 0) is 43.5 Å². The Labute approximate surface area is 111 Å². The standard InChI is InChI=1S/C14H16FN3O/c1-9-4-10(15)6-12(5-9)17-13(8-16)7-14(19)18-11-2-3-11/h4-6,11,13,17H,2-3,7H2,1H3,(H,18,19). The van der Waals surface area contributed by atoms with Crippen LogP contribution in [0.5, 0.6) is 0 Å². The molecule has 0 bridgehead atoms. The molecule has 1 atom stereocenters. The Morgan fingerprint density at radius 1 is 1.53 bits per heavy atom. The van der Waals surface area contributed by atoms with Crippen LogP contribution in [0.15, 0.2) is 18.2 Å². The molecule has 1 saturated carbocycles. The molecule has 2 rings (SSSR count). The van der Waals surface area contributed by atoms with E-state index in [1.165, 1.54) is 12.1 Å². The van der Waals surface area contributed by atoms with E-state index >= 15 is 0 Å². The van der Waals surface area contributed by atoms with Gasteiger partial charge in [0.05, 0.1) is 12.5 Å². The monoisotopic (exact) mass is 261 g/mol. The molecule has 0 spiro atoms. The molecule has 0 radical (unpaired) electrons. The van der Waals surface area contributed by atoms with Crippen LogP contribution in [-0.2, 0) is 4.79 Å². The molecule has 2 N–H and O–H groups in total. The Morgan fingerprint density at radius 3 is 2.84 bits per heavy atom. The number of benzene rings is 1. The van der Waals surface area contributed by atoms with Gasteiger partial charge in [0.2, 0.25) is 5.91 Å². The largest absolute Gasteiger partial charge is 0.369 e. The summed E-state index contributed by atoms with van der Waals surface area (Å²) in [6.45, 7) is 1.77. The number of hydrogen-bond donors (Lipinski definition) is 2. The Morgan fingerprint density at radius 2 is 2.26 bits per heavy atom. The van der Waals surface area contributed by atoms with Crippen LogP contribution < -0.4 is 10.6 Å². The van der Waals surface area contributed by atoms with E-state index in [4.69, 9.17) is 5.26 Å². The minimum absolute atomic E-state index is 0.0720. The zero-order valence-electron chi connectivity index (χ0n) is 10.7. The van der Waals surface area contributed by atoms with E-state index in [9.17, 15) is 9.18 Å². The molecule has 5 heteroatoms. The van der Waals surface area contributed by atoms with Crippen LogP contribution in [0.25, 0.3) is 0 Å². The first kappa shape index (κ1) is 13.3. The molecule has 0 aromatic heterocycles. The molecule has 1 aliphatic carbocycles. The Balaban J connectivity index is 1.94. The van der Waals surface area contributed by atoms with Gasteiger partial charge in [0.25, 0.3) is 0 Å². The first-order valence-corrected chi connectivity index (χ1v) is 6.29. The second-order valence-corrected chi connectivity index (χ2v) is 4.89. The molecular weight excluding hydrogens is 245 g/mol. The maximum atomic E-state index is 13.2. The van der Waals surface area contributed by atoms with Crippen LogP contribution in [0.3, 0.4) is 0 Å². The van der Waals surface area contributed by atoms with Gasteiger partial charge < -0.3 is 10.6 Å². The number of carbonyl (C=O) groups excluding carboxylic acids is 1. The first-order chi connectivity index (χ1) is 9.06. The van der Waals surface area contributed by atoms with Crippen molar-refractivity contribution < 1.29 is 9.18 Å². The van der Waals surface area contributed by atoms with Crippen LogP contribution in [0.4, 0.5) is 10.1 Å². The molecule has 1 aliphatic rings. The number of aryl methyl sites for hydroxylation is 1. The van der Waals surface area contributed by atoms with Crippen LogP contribution in [-0.4, -0.2) is 18.0 Å². The van der Waals surface area contributed by atoms with Crippen molar-refractivity contribution in [2.75, 3.05) is 5.32 Å². The number of nitrogens with zero attached hydrogens (tertiary/aromatic N) is 1. The molecule has 4 nitrogen and oxygen atoms in total. The fourth-order valence-electron chi connectivity index (χ4n) is 1.85. The third-order valence-electron chi connectivity index (χ3n) is 2.87. The third kappa shape index (κ3) is 4.25. The molecule has 1 aromatic rings. The van der Waals surface area contributed by atoms with Gasteiger partial charge in [-0.15, -0.1) is 0 Å². The maximum Gasteiger partial charge on any atom is 0.223 e. The highest BCUT2D eigenvalue weighted by molar-refractivity contribution is 5.78. The molecule has 0 heterocycles. The zero-order valence-corrected chi connectivity index (χ0v) is 10.7. The highest BCUT2D eigenvalue weighted by atomic mass is 19.1. The normalized spacial score (nSPS) is 15.4. The van der Waals surface area contributed by atoms with Crippen molar-refractivity contribution >= 4 is 11.6 Å². The number of nitrogens with one attached hydrogen (secondary N) is 2. The molecule has 0 saturated heterocycles. The quantitative estimate of drug-likeness (QED) is 0.853. The van der Waals surface area contributed by atoms with Gasteiger partial charge in [-0.1, -0.05) is 0 Å². The van der Waals surface area contributed by atoms with Crippen molar-refractivity contribution in [1.82, 2.24) is 5.32 Å². The minimum Gasteiger partial charge on any atom is -0.369 e. The summed E-state index contributed by atoms with van der Waals surface area (Å²) in [5.41, 5.74) is 1.28. The smallest absolute Gasteiger partial charge is 0.223 e. The van der Waals surface area contributed by atoms with Crippen LogP contribution in [0, 0.1) is 24.1 Å². The summed E-state index contributed by atoms with van der Waals surface area (Å²) in [5.74, 6) is -0.503. The fourth-order valence-corrected chi connectivity index (χ4v) is 1.85. The molecule has 1 unspecified atom stereocenters. The lowest BCUT2D eigenvalue weighted by molar-refractivity contribution is -0.121. The van der Waals surface area contributed by atoms with Gasteiger partial charge in [0, 0.05) is 11.7 Å². The molecule has 19 heavy (non-hydrogen) atoms. The van der Waals surface area contributed by atoms with Crippen LogP contribution >= 0.6 is 0 Å². The summed E-state index contributed by atoms with van der Waals surface area (Å²) in [6.07, 6.45) is 2.10. The average molecular weight is 261 g/mol. The number of hydrogen-bond acceptors (Lipinski definition) is 3. The second kappa shape index (κ2) is 5.70. The Bertz CT molecular complexity index is 500. The predicted molar refractivity (Wildman–Crippen MR) is 69.9 cm³/mol. The molecule has 0 aliphatic heterocycles. The zero-order chi connectivity index (χ0) is 13.8. The van der Waals surface area contributed by atoms with E-state index in [1.54, 1.807) is 13.0 Å². The van der Waals surface area contributed by atoms with E-state index in [-0.39, 0.29) is 24.2 Å². The van der Waals surface area contributed by atoms with Crippen molar-refractivity contribution in [3.63, 3.8) is 0 Å². The third-order valence-corrected chi connectivity index (χ3v) is 2.87. The number of amides is 1. The second-order valence-electron chi connectivity index (χ2n) is 4.89. The van der Waals surface area contributed by atoms with Gasteiger partial charge in [-0.2, -0.15) is 5.26 Å². The minimum atomic E-state index is -0.653. The van der Waals surface area contributed by atoms with Crippen molar-refractivity contribution in [2.45, 2.75) is 38.3 Å². The lowest BCUT2D eigenvalue weighted by Crippen LogP contribution is -2.31. The van der Waals surface area contributed by atoms with E-state index in [2.05, 4.69) is 10.6 Å². The fraction of sp³-hybridized carbons (Fsp3) is 0.429. The van der Waals surface area contributed by atoms with Gasteiger partial charge in [-0.3, -0.25) is 4.79 Å². The molecular formula is C14H16FN3O. The number of carbonyl (C=O) groups is 1. The van der Waals surface area contributed by atoms with E-state index in [1.807, 2.05) is 6.07 Å². The van der Waals surface area contributed by atoms with Crippen molar-refractivity contribution in [1.29, 1.82) is 5.26 Å². The van der Waals surface area contributed by atoms with Gasteiger partial charge in [0.15, 0.2) is 0 Å². The van der Waals surface area contributed by atoms with Crippen molar-refractivity contribution in [3.8, 4) is 6.07 Å². The lowest BCUT2D eigenvalue weighted by Gasteiger charge is -2.13. The topological polar surface area (TPSA) is 64.9 Å².